The summed E-state index contributed by atoms with van der Waals surface area (Å²) in [6, 6.07) is 7.34. The second-order valence-electron chi connectivity index (χ2n) is 16.5. The normalized spacial score (nSPS) is 23.7. The molecule has 24 heteroatoms. The van der Waals surface area contributed by atoms with E-state index in [1.54, 1.807) is 48.5 Å². The van der Waals surface area contributed by atoms with Gasteiger partial charge in [0.25, 0.3) is 6.43 Å². The number of amides is 6. The van der Waals surface area contributed by atoms with Gasteiger partial charge in [-0.15, -0.1) is 0 Å². The topological polar surface area (TPSA) is 200 Å². The number of aliphatic hydroxyl groups is 1. The van der Waals surface area contributed by atoms with Crippen LogP contribution in [0.4, 0.5) is 51.7 Å². The largest absolute Gasteiger partial charge is 0.395 e. The summed E-state index contributed by atoms with van der Waals surface area (Å²) in [5, 5.41) is 40.9. The van der Waals surface area contributed by atoms with Crippen LogP contribution < -0.4 is 10.3 Å². The Morgan fingerprint density at radius 1 is 0.892 bits per heavy atom. The molecule has 65 heavy (non-hydrogen) atoms. The maximum absolute atomic E-state index is 14.0. The summed E-state index contributed by atoms with van der Waals surface area (Å²) in [5.41, 5.74) is -3.15. The first kappa shape index (κ1) is 45.8. The molecule has 0 aliphatic carbocycles. The average Bonchev–Trinajstić information content (AvgIpc) is 4.06. The molecular weight excluding hydrogens is 874 g/mol. The van der Waals surface area contributed by atoms with Crippen LogP contribution in [0.1, 0.15) is 63.2 Å². The van der Waals surface area contributed by atoms with E-state index in [9.17, 15) is 65.5 Å². The zero-order chi connectivity index (χ0) is 47.3. The molecule has 6 heterocycles. The fraction of sp³-hybridized carbons (Fsp3) is 0.415. The molecule has 17 nitrogen and oxygen atoms in total. The van der Waals surface area contributed by atoms with E-state index in [4.69, 9.17) is 0 Å². The second-order valence-corrected chi connectivity index (χ2v) is 16.5. The molecule has 0 radical (unpaired) electrons. The van der Waals surface area contributed by atoms with Crippen molar-refractivity contribution < 1.29 is 55.0 Å². The third kappa shape index (κ3) is 8.48. The molecular formula is C41H39F7N12O5. The molecule has 342 valence electrons. The van der Waals surface area contributed by atoms with Gasteiger partial charge in [-0.2, -0.15) is 25.7 Å². The van der Waals surface area contributed by atoms with Crippen LogP contribution in [-0.4, -0.2) is 100 Å². The summed E-state index contributed by atoms with van der Waals surface area (Å²) in [5.74, 6) is -9.04. The first-order valence-corrected chi connectivity index (χ1v) is 19.9. The summed E-state index contributed by atoms with van der Waals surface area (Å²) in [6.45, 7) is 4.85. The molecule has 2 aromatic heterocycles. The molecule has 2 aromatic carbocycles. The predicted octanol–water partition coefficient (Wildman–Crippen LogP) is 5.58. The van der Waals surface area contributed by atoms with Crippen molar-refractivity contribution in [2.75, 3.05) is 30.0 Å². The van der Waals surface area contributed by atoms with E-state index < -0.39 is 107 Å². The quantitative estimate of drug-likeness (QED) is 0.183. The van der Waals surface area contributed by atoms with Crippen LogP contribution in [0.2, 0.25) is 0 Å². The molecule has 5 atom stereocenters. The first-order chi connectivity index (χ1) is 30.7. The number of hydrogen-bond acceptors (Lipinski definition) is 9. The van der Waals surface area contributed by atoms with E-state index in [-0.39, 0.29) is 44.2 Å². The van der Waals surface area contributed by atoms with Gasteiger partial charge in [0.05, 0.1) is 91.5 Å². The smallest absolute Gasteiger partial charge is 0.344 e. The van der Waals surface area contributed by atoms with Gasteiger partial charge < -0.3 is 20.2 Å². The van der Waals surface area contributed by atoms with Gasteiger partial charge >= 0.3 is 12.1 Å². The number of aliphatic hydroxyl groups excluding tert-OH is 1. The minimum atomic E-state index is -3.28. The van der Waals surface area contributed by atoms with Crippen molar-refractivity contribution in [3.05, 3.63) is 94.8 Å². The van der Waals surface area contributed by atoms with Crippen LogP contribution in [0.25, 0.3) is 0 Å². The number of carbonyl (C=O) groups excluding carboxylic acids is 4. The van der Waals surface area contributed by atoms with E-state index in [1.165, 1.54) is 20.9 Å². The van der Waals surface area contributed by atoms with Crippen LogP contribution in [-0.2, 0) is 29.2 Å². The maximum atomic E-state index is 14.0. The van der Waals surface area contributed by atoms with Crippen LogP contribution in [0.3, 0.4) is 0 Å². The lowest BCUT2D eigenvalue weighted by atomic mass is 9.90. The Morgan fingerprint density at radius 3 is 2.15 bits per heavy atom. The van der Waals surface area contributed by atoms with Gasteiger partial charge in [-0.05, 0) is 39.0 Å². The number of fused-ring (bicyclic) bond motifs is 2. The minimum Gasteiger partial charge on any atom is -0.395 e. The van der Waals surface area contributed by atoms with Crippen LogP contribution in [0, 0.1) is 62.6 Å². The summed E-state index contributed by atoms with van der Waals surface area (Å²) < 4.78 is 98.7. The number of benzene rings is 2. The highest BCUT2D eigenvalue weighted by molar-refractivity contribution is 5.96. The minimum absolute atomic E-state index is 0.0289. The summed E-state index contributed by atoms with van der Waals surface area (Å²) in [4.78, 5) is 56.6. The first-order valence-electron chi connectivity index (χ1n) is 19.9. The van der Waals surface area contributed by atoms with Gasteiger partial charge in [-0.25, -0.2) is 45.3 Å². The lowest BCUT2D eigenvalue weighted by Crippen LogP contribution is -2.57. The van der Waals surface area contributed by atoms with Crippen molar-refractivity contribution >= 4 is 35.3 Å². The summed E-state index contributed by atoms with van der Waals surface area (Å²) >= 11 is 0. The van der Waals surface area contributed by atoms with Gasteiger partial charge in [-0.1, -0.05) is 0 Å². The summed E-state index contributed by atoms with van der Waals surface area (Å²) in [7, 11) is 0. The van der Waals surface area contributed by atoms with E-state index in [1.807, 2.05) is 6.07 Å². The fourth-order valence-corrected chi connectivity index (χ4v) is 8.28. The Labute approximate surface area is 365 Å². The number of hydrazine groups is 1. The van der Waals surface area contributed by atoms with E-state index >= 15 is 0 Å². The third-order valence-corrected chi connectivity index (χ3v) is 11.7. The average molecular weight is 913 g/mol. The summed E-state index contributed by atoms with van der Waals surface area (Å²) in [6.07, 6.45) is -1.54. The standard InChI is InChI=1S/C21H20F4N6O2.C20H19F3N6O3/c1-11-8-30-15(3-4-27-30)19(29-10-21(2,9-26)7-16(29)32)31(11)20(33)28-12-5-13(18(24)25)17(23)14(22)6-12;1-12-7-27-13(2-3-25-27)8-26(12)19(32)29(14-4-15(21)18(23)16(22)5-14)28-10-20(9-24,11-30)6-17(28)31/h3-6,11,18-19H,7-8,10H2,1-2H3,(H,28,33);2-5,12,30H,6-8,10-11H2,1H3. The number of hydrogen-bond donors (Lipinski definition) is 2. The Kier molecular flexibility index (Phi) is 12.3. The SMILES string of the molecule is CC1Cn2nccc2C(N2CC(C)(C#N)CC2=O)N1C(=O)Nc1cc(F)c(F)c(C(F)F)c1.CC1Cn2nccc2CN1C(=O)N(c1cc(F)c(F)c(F)c1)N1CC(C#N)(CO)CC1=O. The van der Waals surface area contributed by atoms with Gasteiger partial charge in [0.2, 0.25) is 11.8 Å². The number of rotatable bonds is 6. The highest BCUT2D eigenvalue weighted by Gasteiger charge is 2.50. The number of aromatic nitrogens is 4. The number of halogens is 7. The van der Waals surface area contributed by atoms with Crippen molar-refractivity contribution in [2.24, 2.45) is 10.8 Å². The second kappa shape index (κ2) is 17.4. The van der Waals surface area contributed by atoms with Crippen molar-refractivity contribution in [1.82, 2.24) is 39.3 Å². The monoisotopic (exact) mass is 912 g/mol. The molecule has 0 spiro atoms. The highest BCUT2D eigenvalue weighted by atomic mass is 19.3. The molecule has 8 rings (SSSR count). The number of alkyl halides is 2. The molecule has 2 fully saturated rings. The molecule has 2 saturated heterocycles. The number of likely N-dealkylation sites (tertiary alicyclic amines) is 1. The van der Waals surface area contributed by atoms with Gasteiger partial charge in [-0.3, -0.25) is 23.9 Å². The van der Waals surface area contributed by atoms with E-state index in [2.05, 4.69) is 21.6 Å². The number of nitriles is 2. The molecule has 4 aliphatic heterocycles. The van der Waals surface area contributed by atoms with Crippen molar-refractivity contribution in [3.8, 4) is 12.1 Å². The fourth-order valence-electron chi connectivity index (χ4n) is 8.28. The molecule has 2 N–H and O–H groups in total. The van der Waals surface area contributed by atoms with Crippen LogP contribution in [0.15, 0.2) is 48.8 Å². The zero-order valence-electron chi connectivity index (χ0n) is 34.7. The Balaban J connectivity index is 0.000000194. The molecule has 4 aromatic rings. The molecule has 5 unspecified atom stereocenters. The van der Waals surface area contributed by atoms with Crippen molar-refractivity contribution in [1.29, 1.82) is 10.5 Å². The Hall–Kier alpha value is -7.21. The number of carbonyl (C=O) groups is 4. The Morgan fingerprint density at radius 2 is 1.54 bits per heavy atom. The van der Waals surface area contributed by atoms with Crippen molar-refractivity contribution in [3.63, 3.8) is 0 Å². The maximum Gasteiger partial charge on any atom is 0.344 e. The number of nitrogens with zero attached hydrogens (tertiary/aromatic N) is 11. The van der Waals surface area contributed by atoms with Crippen molar-refractivity contribution in [2.45, 2.75) is 77.9 Å². The lowest BCUT2D eigenvalue weighted by Gasteiger charge is -2.44. The lowest BCUT2D eigenvalue weighted by molar-refractivity contribution is -0.134. The molecule has 4 aliphatic rings. The van der Waals surface area contributed by atoms with Crippen LogP contribution >= 0.6 is 0 Å². The molecule has 6 amide bonds. The van der Waals surface area contributed by atoms with E-state index in [0.29, 0.717) is 42.2 Å². The molecule has 0 bridgehead atoms. The van der Waals surface area contributed by atoms with E-state index in [0.717, 1.165) is 10.0 Å². The van der Waals surface area contributed by atoms with Gasteiger partial charge in [0.15, 0.2) is 35.3 Å². The van der Waals surface area contributed by atoms with Crippen LogP contribution in [0.5, 0.6) is 0 Å². The Bertz CT molecular complexity index is 2630. The van der Waals surface area contributed by atoms with Gasteiger partial charge in [0, 0.05) is 49.2 Å². The number of anilines is 2. The predicted molar refractivity (Wildman–Crippen MR) is 210 cm³/mol. The third-order valence-electron chi connectivity index (χ3n) is 11.7. The molecule has 0 saturated carbocycles. The number of urea groups is 2. The zero-order valence-corrected chi connectivity index (χ0v) is 34.7. The van der Waals surface area contributed by atoms with Gasteiger partial charge in [0.1, 0.15) is 5.41 Å². The number of nitrogens with one attached hydrogen (secondary N) is 1. The highest BCUT2D eigenvalue weighted by Crippen LogP contribution is 2.41.